The first-order valence-electron chi connectivity index (χ1n) is 7.59. The van der Waals surface area contributed by atoms with Gasteiger partial charge in [-0.3, -0.25) is 9.69 Å². The molecule has 0 aliphatic carbocycles. The van der Waals surface area contributed by atoms with E-state index in [0.29, 0.717) is 6.54 Å². The molecule has 1 saturated heterocycles. The molecule has 0 saturated carbocycles. The van der Waals surface area contributed by atoms with E-state index in [2.05, 4.69) is 10.2 Å². The maximum Gasteiger partial charge on any atom is 0.244 e. The molecular weight excluding hydrogens is 280 g/mol. The molecule has 0 atom stereocenters. The van der Waals surface area contributed by atoms with Crippen LogP contribution in [0.15, 0.2) is 24.3 Å². The van der Waals surface area contributed by atoms with E-state index in [1.807, 2.05) is 25.1 Å². The molecule has 0 spiro atoms. The lowest BCUT2D eigenvalue weighted by atomic mass is 10.1. The van der Waals surface area contributed by atoms with Gasteiger partial charge >= 0.3 is 0 Å². The van der Waals surface area contributed by atoms with Gasteiger partial charge in [-0.2, -0.15) is 0 Å². The molecule has 0 unspecified atom stereocenters. The first-order chi connectivity index (χ1) is 10.7. The van der Waals surface area contributed by atoms with Crippen molar-refractivity contribution in [1.29, 1.82) is 0 Å². The maximum absolute atomic E-state index is 11.9. The topological polar surface area (TPSA) is 50.8 Å². The highest BCUT2D eigenvalue weighted by Gasteiger charge is 2.09. The van der Waals surface area contributed by atoms with Gasteiger partial charge < -0.3 is 14.8 Å². The van der Waals surface area contributed by atoms with Gasteiger partial charge in [-0.15, -0.1) is 0 Å². The highest BCUT2D eigenvalue weighted by Crippen LogP contribution is 2.20. The van der Waals surface area contributed by atoms with E-state index >= 15 is 0 Å². The second-order valence-corrected chi connectivity index (χ2v) is 5.32. The summed E-state index contributed by atoms with van der Waals surface area (Å²) in [7, 11) is 1.63. The predicted molar refractivity (Wildman–Crippen MR) is 87.0 cm³/mol. The number of hydrogen-bond acceptors (Lipinski definition) is 4. The second-order valence-electron chi connectivity index (χ2n) is 5.32. The average molecular weight is 304 g/mol. The second kappa shape index (κ2) is 8.56. The summed E-state index contributed by atoms with van der Waals surface area (Å²) < 4.78 is 10.6. The number of nitrogens with one attached hydrogen (secondary N) is 1. The van der Waals surface area contributed by atoms with Crippen molar-refractivity contribution in [3.63, 3.8) is 0 Å². The molecule has 1 heterocycles. The van der Waals surface area contributed by atoms with Gasteiger partial charge in [-0.1, -0.05) is 11.6 Å². The number of benzene rings is 1. The van der Waals surface area contributed by atoms with E-state index < -0.39 is 0 Å². The fraction of sp³-hybridized carbons (Fsp3) is 0.471. The number of methoxy groups -OCH3 is 1. The van der Waals surface area contributed by atoms with Gasteiger partial charge in [0.05, 0.1) is 20.3 Å². The zero-order valence-electron chi connectivity index (χ0n) is 13.3. The number of rotatable bonds is 6. The molecule has 1 fully saturated rings. The molecule has 22 heavy (non-hydrogen) atoms. The first-order valence-corrected chi connectivity index (χ1v) is 7.59. The molecule has 1 amide bonds. The standard InChI is InChI=1S/C17H24N2O3/c1-14-3-5-16(21-2)15(13-14)4-6-17(20)18-7-8-19-9-11-22-12-10-19/h3-6,13H,7-12H2,1-2H3,(H,18,20)/b6-4+. The van der Waals surface area contributed by atoms with E-state index in [1.165, 1.54) is 0 Å². The summed E-state index contributed by atoms with van der Waals surface area (Å²) >= 11 is 0. The molecule has 0 radical (unpaired) electrons. The lowest BCUT2D eigenvalue weighted by Crippen LogP contribution is -2.41. The van der Waals surface area contributed by atoms with Crippen LogP contribution in [0.3, 0.4) is 0 Å². The average Bonchev–Trinajstić information content (AvgIpc) is 2.54. The fourth-order valence-corrected chi connectivity index (χ4v) is 2.37. The Kier molecular flexibility index (Phi) is 6.43. The van der Waals surface area contributed by atoms with Crippen LogP contribution in [-0.4, -0.2) is 57.3 Å². The van der Waals surface area contributed by atoms with Crippen molar-refractivity contribution in [3.8, 4) is 5.75 Å². The van der Waals surface area contributed by atoms with Crippen LogP contribution in [-0.2, 0) is 9.53 Å². The minimum Gasteiger partial charge on any atom is -0.496 e. The summed E-state index contributed by atoms with van der Waals surface area (Å²) in [5.41, 5.74) is 2.04. The summed E-state index contributed by atoms with van der Waals surface area (Å²) in [5, 5.41) is 2.90. The van der Waals surface area contributed by atoms with Crippen molar-refractivity contribution in [1.82, 2.24) is 10.2 Å². The number of morpholine rings is 1. The van der Waals surface area contributed by atoms with Gasteiger partial charge in [0.15, 0.2) is 0 Å². The molecule has 1 aromatic rings. The van der Waals surface area contributed by atoms with Gasteiger partial charge in [-0.25, -0.2) is 0 Å². The maximum atomic E-state index is 11.9. The lowest BCUT2D eigenvalue weighted by molar-refractivity contribution is -0.116. The Labute approximate surface area is 131 Å². The minimum atomic E-state index is -0.0863. The summed E-state index contributed by atoms with van der Waals surface area (Å²) in [5.74, 6) is 0.680. The highest BCUT2D eigenvalue weighted by molar-refractivity contribution is 5.92. The van der Waals surface area contributed by atoms with Crippen molar-refractivity contribution in [2.75, 3.05) is 46.5 Å². The Hall–Kier alpha value is -1.85. The van der Waals surface area contributed by atoms with Crippen LogP contribution in [0, 0.1) is 6.92 Å². The Bertz CT molecular complexity index is 523. The van der Waals surface area contributed by atoms with Crippen molar-refractivity contribution in [2.24, 2.45) is 0 Å². The third-order valence-corrected chi connectivity index (χ3v) is 3.63. The summed E-state index contributed by atoms with van der Waals surface area (Å²) in [6, 6.07) is 5.89. The number of hydrogen-bond donors (Lipinski definition) is 1. The Morgan fingerprint density at radius 1 is 1.41 bits per heavy atom. The zero-order valence-corrected chi connectivity index (χ0v) is 13.3. The summed E-state index contributed by atoms with van der Waals surface area (Å²) in [6.45, 7) is 6.95. The van der Waals surface area contributed by atoms with Crippen LogP contribution in [0.4, 0.5) is 0 Å². The first kappa shape index (κ1) is 16.5. The number of aryl methyl sites for hydroxylation is 1. The number of ether oxygens (including phenoxy) is 2. The van der Waals surface area contributed by atoms with E-state index in [0.717, 1.165) is 49.7 Å². The van der Waals surface area contributed by atoms with Gasteiger partial charge in [-0.05, 0) is 25.1 Å². The van der Waals surface area contributed by atoms with Crippen molar-refractivity contribution >= 4 is 12.0 Å². The summed E-state index contributed by atoms with van der Waals surface area (Å²) in [4.78, 5) is 14.1. The van der Waals surface area contributed by atoms with Gasteiger partial charge in [0, 0.05) is 37.8 Å². The largest absolute Gasteiger partial charge is 0.496 e. The number of carbonyl (C=O) groups is 1. The van der Waals surface area contributed by atoms with E-state index in [4.69, 9.17) is 9.47 Å². The molecule has 1 aromatic carbocycles. The normalized spacial score (nSPS) is 15.9. The Morgan fingerprint density at radius 2 is 2.18 bits per heavy atom. The molecule has 120 valence electrons. The molecule has 0 aromatic heterocycles. The van der Waals surface area contributed by atoms with Crippen molar-refractivity contribution < 1.29 is 14.3 Å². The molecule has 5 nitrogen and oxygen atoms in total. The number of carbonyl (C=O) groups excluding carboxylic acids is 1. The molecule has 1 aliphatic heterocycles. The van der Waals surface area contributed by atoms with Crippen molar-refractivity contribution in [2.45, 2.75) is 6.92 Å². The smallest absolute Gasteiger partial charge is 0.244 e. The third kappa shape index (κ3) is 5.16. The number of amides is 1. The van der Waals surface area contributed by atoms with Crippen LogP contribution in [0.25, 0.3) is 6.08 Å². The van der Waals surface area contributed by atoms with Crippen LogP contribution < -0.4 is 10.1 Å². The monoisotopic (exact) mass is 304 g/mol. The van der Waals surface area contributed by atoms with Gasteiger partial charge in [0.1, 0.15) is 5.75 Å². The number of nitrogens with zero attached hydrogens (tertiary/aromatic N) is 1. The van der Waals surface area contributed by atoms with Crippen LogP contribution in [0.5, 0.6) is 5.75 Å². The Morgan fingerprint density at radius 3 is 2.91 bits per heavy atom. The molecule has 2 rings (SSSR count). The molecule has 1 N–H and O–H groups in total. The summed E-state index contributed by atoms with van der Waals surface area (Å²) in [6.07, 6.45) is 3.34. The van der Waals surface area contributed by atoms with Crippen LogP contribution in [0.2, 0.25) is 0 Å². The van der Waals surface area contributed by atoms with Crippen molar-refractivity contribution in [3.05, 3.63) is 35.4 Å². The highest BCUT2D eigenvalue weighted by atomic mass is 16.5. The third-order valence-electron chi connectivity index (χ3n) is 3.63. The quantitative estimate of drug-likeness (QED) is 0.809. The SMILES string of the molecule is COc1ccc(C)cc1/C=C/C(=O)NCCN1CCOCC1. The fourth-order valence-electron chi connectivity index (χ4n) is 2.37. The van der Waals surface area contributed by atoms with E-state index in [-0.39, 0.29) is 5.91 Å². The van der Waals surface area contributed by atoms with E-state index in [9.17, 15) is 4.79 Å². The Balaban J connectivity index is 1.79. The van der Waals surface area contributed by atoms with Crippen LogP contribution >= 0.6 is 0 Å². The molecule has 5 heteroatoms. The van der Waals surface area contributed by atoms with Crippen LogP contribution in [0.1, 0.15) is 11.1 Å². The lowest BCUT2D eigenvalue weighted by Gasteiger charge is -2.26. The molecular formula is C17H24N2O3. The van der Waals surface area contributed by atoms with E-state index in [1.54, 1.807) is 19.3 Å². The minimum absolute atomic E-state index is 0.0863. The van der Waals surface area contributed by atoms with Gasteiger partial charge in [0.25, 0.3) is 0 Å². The predicted octanol–water partition coefficient (Wildman–Crippen LogP) is 1.47. The van der Waals surface area contributed by atoms with Gasteiger partial charge in [0.2, 0.25) is 5.91 Å². The molecule has 0 bridgehead atoms. The zero-order chi connectivity index (χ0) is 15.8. The molecule has 1 aliphatic rings.